The van der Waals surface area contributed by atoms with Gasteiger partial charge in [0.1, 0.15) is 0 Å². The fourth-order valence-electron chi connectivity index (χ4n) is 1.48. The highest BCUT2D eigenvalue weighted by Gasteiger charge is 2.04. The summed E-state index contributed by atoms with van der Waals surface area (Å²) in [5.74, 6) is 0. The van der Waals surface area contributed by atoms with Crippen LogP contribution in [-0.4, -0.2) is 32.5 Å². The van der Waals surface area contributed by atoms with Crippen molar-refractivity contribution in [3.05, 3.63) is 24.3 Å². The van der Waals surface area contributed by atoms with Crippen LogP contribution in [0.3, 0.4) is 0 Å². The molecule has 0 aliphatic rings. The molecule has 5 nitrogen and oxygen atoms in total. The van der Waals surface area contributed by atoms with Crippen molar-refractivity contribution >= 4 is 17.5 Å². The van der Waals surface area contributed by atoms with E-state index < -0.39 is 6.09 Å². The Balaban J connectivity index is 2.56. The van der Waals surface area contributed by atoms with Crippen LogP contribution in [0.2, 0.25) is 0 Å². The van der Waals surface area contributed by atoms with E-state index in [1.165, 1.54) is 7.11 Å². The Hall–Kier alpha value is -1.75. The fourth-order valence-corrected chi connectivity index (χ4v) is 1.48. The standard InChI is InChI=1S/C13H20N2O3/c1-4-18-9-10(2)14-11-6-5-7-12(8-11)15-13(16)17-3/h5-8,10,14H,4,9H2,1-3H3,(H,15,16). The lowest BCUT2D eigenvalue weighted by Gasteiger charge is -2.15. The van der Waals surface area contributed by atoms with Gasteiger partial charge in [-0.3, -0.25) is 5.32 Å². The van der Waals surface area contributed by atoms with Crippen LogP contribution >= 0.6 is 0 Å². The van der Waals surface area contributed by atoms with Crippen LogP contribution in [0.15, 0.2) is 24.3 Å². The third-order valence-corrected chi connectivity index (χ3v) is 2.28. The summed E-state index contributed by atoms with van der Waals surface area (Å²) >= 11 is 0. The molecule has 0 aliphatic heterocycles. The summed E-state index contributed by atoms with van der Waals surface area (Å²) < 4.78 is 9.87. The van der Waals surface area contributed by atoms with Crippen LogP contribution in [0.1, 0.15) is 13.8 Å². The molecular formula is C13H20N2O3. The first-order valence-electron chi connectivity index (χ1n) is 5.95. The van der Waals surface area contributed by atoms with Gasteiger partial charge in [-0.25, -0.2) is 4.79 Å². The summed E-state index contributed by atoms with van der Waals surface area (Å²) in [6.45, 7) is 5.35. The summed E-state index contributed by atoms with van der Waals surface area (Å²) in [6, 6.07) is 7.65. The summed E-state index contributed by atoms with van der Waals surface area (Å²) in [7, 11) is 1.33. The minimum Gasteiger partial charge on any atom is -0.453 e. The van der Waals surface area contributed by atoms with E-state index in [-0.39, 0.29) is 6.04 Å². The Morgan fingerprint density at radius 2 is 2.11 bits per heavy atom. The Labute approximate surface area is 107 Å². The first kappa shape index (κ1) is 14.3. The smallest absolute Gasteiger partial charge is 0.411 e. The highest BCUT2D eigenvalue weighted by molar-refractivity contribution is 5.85. The van der Waals surface area contributed by atoms with Crippen molar-refractivity contribution in [3.8, 4) is 0 Å². The number of ether oxygens (including phenoxy) is 2. The second-order valence-electron chi connectivity index (χ2n) is 3.90. The number of carbonyl (C=O) groups is 1. The molecule has 0 saturated heterocycles. The van der Waals surface area contributed by atoms with Gasteiger partial charge in [-0.1, -0.05) is 6.07 Å². The van der Waals surface area contributed by atoms with Crippen LogP contribution in [0, 0.1) is 0 Å². The Morgan fingerprint density at radius 3 is 2.78 bits per heavy atom. The number of hydrogen-bond acceptors (Lipinski definition) is 4. The molecule has 1 aromatic rings. The minimum absolute atomic E-state index is 0.207. The molecule has 0 aliphatic carbocycles. The fraction of sp³-hybridized carbons (Fsp3) is 0.462. The highest BCUT2D eigenvalue weighted by atomic mass is 16.5. The van der Waals surface area contributed by atoms with Crippen molar-refractivity contribution in [2.45, 2.75) is 19.9 Å². The molecule has 0 saturated carbocycles. The summed E-state index contributed by atoms with van der Waals surface area (Å²) in [6.07, 6.45) is -0.477. The van der Waals surface area contributed by atoms with Gasteiger partial charge in [-0.2, -0.15) is 0 Å². The number of nitrogens with one attached hydrogen (secondary N) is 2. The van der Waals surface area contributed by atoms with Gasteiger partial charge in [0.2, 0.25) is 0 Å². The molecule has 0 spiro atoms. The molecular weight excluding hydrogens is 232 g/mol. The molecule has 2 N–H and O–H groups in total. The molecule has 1 amide bonds. The second-order valence-corrected chi connectivity index (χ2v) is 3.90. The van der Waals surface area contributed by atoms with E-state index in [2.05, 4.69) is 15.4 Å². The van der Waals surface area contributed by atoms with Gasteiger partial charge in [-0.05, 0) is 32.0 Å². The molecule has 0 aromatic heterocycles. The van der Waals surface area contributed by atoms with E-state index in [9.17, 15) is 4.79 Å². The number of benzene rings is 1. The van der Waals surface area contributed by atoms with E-state index in [1.807, 2.05) is 32.0 Å². The van der Waals surface area contributed by atoms with Gasteiger partial charge in [0.15, 0.2) is 0 Å². The van der Waals surface area contributed by atoms with Crippen molar-refractivity contribution < 1.29 is 14.3 Å². The van der Waals surface area contributed by atoms with Crippen LogP contribution in [-0.2, 0) is 9.47 Å². The molecule has 0 heterocycles. The Kier molecular flexibility index (Phi) is 6.00. The van der Waals surface area contributed by atoms with Crippen molar-refractivity contribution in [2.24, 2.45) is 0 Å². The molecule has 1 atom stereocenters. The molecule has 18 heavy (non-hydrogen) atoms. The van der Waals surface area contributed by atoms with E-state index in [0.717, 1.165) is 5.69 Å². The molecule has 0 bridgehead atoms. The Bertz CT molecular complexity index is 382. The van der Waals surface area contributed by atoms with E-state index in [1.54, 1.807) is 6.07 Å². The van der Waals surface area contributed by atoms with Crippen molar-refractivity contribution in [3.63, 3.8) is 0 Å². The number of methoxy groups -OCH3 is 1. The molecule has 1 aromatic carbocycles. The number of hydrogen-bond donors (Lipinski definition) is 2. The molecule has 0 radical (unpaired) electrons. The van der Waals surface area contributed by atoms with Gasteiger partial charge < -0.3 is 14.8 Å². The summed E-state index contributed by atoms with van der Waals surface area (Å²) in [5, 5.41) is 5.91. The predicted molar refractivity (Wildman–Crippen MR) is 72.0 cm³/mol. The average Bonchev–Trinajstić information content (AvgIpc) is 2.36. The van der Waals surface area contributed by atoms with Crippen molar-refractivity contribution in [2.75, 3.05) is 31.0 Å². The van der Waals surface area contributed by atoms with E-state index in [4.69, 9.17) is 4.74 Å². The Morgan fingerprint density at radius 1 is 1.39 bits per heavy atom. The first-order valence-corrected chi connectivity index (χ1v) is 5.95. The first-order chi connectivity index (χ1) is 8.65. The highest BCUT2D eigenvalue weighted by Crippen LogP contribution is 2.16. The van der Waals surface area contributed by atoms with Crippen molar-refractivity contribution in [1.29, 1.82) is 0 Å². The lowest BCUT2D eigenvalue weighted by atomic mass is 10.2. The molecule has 0 fully saturated rings. The summed E-state index contributed by atoms with van der Waals surface area (Å²) in [5.41, 5.74) is 1.62. The monoisotopic (exact) mass is 252 g/mol. The van der Waals surface area contributed by atoms with Gasteiger partial charge in [0, 0.05) is 24.0 Å². The number of rotatable bonds is 6. The number of amides is 1. The normalized spacial score (nSPS) is 11.7. The topological polar surface area (TPSA) is 59.6 Å². The van der Waals surface area contributed by atoms with Gasteiger partial charge >= 0.3 is 6.09 Å². The quantitative estimate of drug-likeness (QED) is 0.817. The lowest BCUT2D eigenvalue weighted by Crippen LogP contribution is -2.21. The minimum atomic E-state index is -0.477. The second kappa shape index (κ2) is 7.55. The van der Waals surface area contributed by atoms with Crippen LogP contribution in [0.25, 0.3) is 0 Å². The maximum Gasteiger partial charge on any atom is 0.411 e. The van der Waals surface area contributed by atoms with E-state index in [0.29, 0.717) is 18.9 Å². The molecule has 5 heteroatoms. The molecule has 1 unspecified atom stereocenters. The SMILES string of the molecule is CCOCC(C)Nc1cccc(NC(=O)OC)c1. The maximum absolute atomic E-state index is 11.1. The number of carbonyl (C=O) groups excluding carboxylic acids is 1. The zero-order valence-electron chi connectivity index (χ0n) is 11.0. The summed E-state index contributed by atoms with van der Waals surface area (Å²) in [4.78, 5) is 11.1. The zero-order valence-corrected chi connectivity index (χ0v) is 11.0. The van der Waals surface area contributed by atoms with Gasteiger partial charge in [0.25, 0.3) is 0 Å². The number of anilines is 2. The maximum atomic E-state index is 11.1. The molecule has 1 rings (SSSR count). The van der Waals surface area contributed by atoms with Crippen molar-refractivity contribution in [1.82, 2.24) is 0 Å². The van der Waals surface area contributed by atoms with E-state index >= 15 is 0 Å². The van der Waals surface area contributed by atoms with Crippen LogP contribution < -0.4 is 10.6 Å². The third kappa shape index (κ3) is 5.05. The van der Waals surface area contributed by atoms with Gasteiger partial charge in [-0.15, -0.1) is 0 Å². The van der Waals surface area contributed by atoms with Crippen LogP contribution in [0.5, 0.6) is 0 Å². The third-order valence-electron chi connectivity index (χ3n) is 2.28. The molecule has 100 valence electrons. The zero-order chi connectivity index (χ0) is 13.4. The van der Waals surface area contributed by atoms with Crippen LogP contribution in [0.4, 0.5) is 16.2 Å². The largest absolute Gasteiger partial charge is 0.453 e. The predicted octanol–water partition coefficient (Wildman–Crippen LogP) is 2.70. The van der Waals surface area contributed by atoms with Gasteiger partial charge in [0.05, 0.1) is 13.7 Å². The lowest BCUT2D eigenvalue weighted by molar-refractivity contribution is 0.141. The average molecular weight is 252 g/mol.